The zero-order valence-electron chi connectivity index (χ0n) is 18.2. The van der Waals surface area contributed by atoms with Crippen LogP contribution in [-0.4, -0.2) is 47.8 Å². The number of piperidine rings is 1. The number of amides is 2. The van der Waals surface area contributed by atoms with Crippen LogP contribution >= 0.6 is 0 Å². The number of rotatable bonds is 4. The molecule has 0 radical (unpaired) electrons. The van der Waals surface area contributed by atoms with Crippen LogP contribution < -0.4 is 5.32 Å². The molecule has 1 saturated heterocycles. The highest BCUT2D eigenvalue weighted by molar-refractivity contribution is 5.93. The summed E-state index contributed by atoms with van der Waals surface area (Å²) in [6.45, 7) is 6.20. The standard InChI is InChI=1S/C25H30FN3O2/c1-17-9-12-28(13-10-17)25(31)24-21-6-4-3-5-19(21)11-14-29(24)16-23(30)27-20-7-8-22(26)18(2)15-20/h3-8,15,17,24H,9-14,16H2,1-2H3,(H,27,30). The summed E-state index contributed by atoms with van der Waals surface area (Å²) in [5, 5.41) is 2.85. The number of fused-ring (bicyclic) bond motifs is 1. The number of hydrogen-bond donors (Lipinski definition) is 1. The maximum Gasteiger partial charge on any atom is 0.244 e. The van der Waals surface area contributed by atoms with E-state index in [0.717, 1.165) is 37.9 Å². The Bertz CT molecular complexity index is 969. The monoisotopic (exact) mass is 423 g/mol. The quantitative estimate of drug-likeness (QED) is 0.811. The molecule has 1 atom stereocenters. The Morgan fingerprint density at radius 1 is 1.10 bits per heavy atom. The summed E-state index contributed by atoms with van der Waals surface area (Å²) in [7, 11) is 0. The van der Waals surface area contributed by atoms with Gasteiger partial charge in [0, 0.05) is 25.3 Å². The first-order chi connectivity index (χ1) is 14.9. The number of hydrogen-bond acceptors (Lipinski definition) is 3. The molecular formula is C25H30FN3O2. The third-order valence-electron chi connectivity index (χ3n) is 6.50. The lowest BCUT2D eigenvalue weighted by atomic mass is 9.90. The van der Waals surface area contributed by atoms with Gasteiger partial charge in [0.15, 0.2) is 0 Å². The molecule has 1 unspecified atom stereocenters. The molecule has 2 amide bonds. The van der Waals surface area contributed by atoms with Crippen LogP contribution in [0.3, 0.4) is 0 Å². The lowest BCUT2D eigenvalue weighted by Gasteiger charge is -2.40. The number of nitrogens with one attached hydrogen (secondary N) is 1. The van der Waals surface area contributed by atoms with E-state index in [1.807, 2.05) is 28.0 Å². The molecule has 4 rings (SSSR count). The maximum atomic E-state index is 13.6. The van der Waals surface area contributed by atoms with Gasteiger partial charge in [-0.2, -0.15) is 0 Å². The van der Waals surface area contributed by atoms with Crippen LogP contribution in [-0.2, 0) is 16.0 Å². The van der Waals surface area contributed by atoms with E-state index in [0.29, 0.717) is 23.7 Å². The molecule has 5 nitrogen and oxygen atoms in total. The molecular weight excluding hydrogens is 393 g/mol. The smallest absolute Gasteiger partial charge is 0.244 e. The van der Waals surface area contributed by atoms with Crippen molar-refractivity contribution in [2.45, 2.75) is 39.2 Å². The van der Waals surface area contributed by atoms with Crippen molar-refractivity contribution in [3.63, 3.8) is 0 Å². The zero-order chi connectivity index (χ0) is 22.0. The molecule has 1 fully saturated rings. The van der Waals surface area contributed by atoms with Crippen molar-refractivity contribution in [2.24, 2.45) is 5.92 Å². The molecule has 164 valence electrons. The fraction of sp³-hybridized carbons (Fsp3) is 0.440. The lowest BCUT2D eigenvalue weighted by molar-refractivity contribution is -0.139. The Morgan fingerprint density at radius 3 is 2.58 bits per heavy atom. The van der Waals surface area contributed by atoms with E-state index in [4.69, 9.17) is 0 Å². The molecule has 0 saturated carbocycles. The van der Waals surface area contributed by atoms with Crippen molar-refractivity contribution >= 4 is 17.5 Å². The van der Waals surface area contributed by atoms with E-state index >= 15 is 0 Å². The number of carbonyl (C=O) groups is 2. The van der Waals surface area contributed by atoms with E-state index in [-0.39, 0.29) is 24.2 Å². The van der Waals surface area contributed by atoms with Gasteiger partial charge in [0.2, 0.25) is 11.8 Å². The molecule has 0 bridgehead atoms. The summed E-state index contributed by atoms with van der Waals surface area (Å²) in [5.41, 5.74) is 3.23. The molecule has 2 aliphatic heterocycles. The minimum Gasteiger partial charge on any atom is -0.341 e. The number of benzene rings is 2. The van der Waals surface area contributed by atoms with Gasteiger partial charge >= 0.3 is 0 Å². The average molecular weight is 424 g/mol. The molecule has 31 heavy (non-hydrogen) atoms. The van der Waals surface area contributed by atoms with Gasteiger partial charge in [0.05, 0.1) is 6.54 Å². The Hall–Kier alpha value is -2.73. The minimum absolute atomic E-state index is 0.0875. The SMILES string of the molecule is Cc1cc(NC(=O)CN2CCc3ccccc3C2C(=O)N2CCC(C)CC2)ccc1F. The first-order valence-electron chi connectivity index (χ1n) is 11.1. The Labute approximate surface area is 183 Å². The third kappa shape index (κ3) is 4.79. The average Bonchev–Trinajstić information content (AvgIpc) is 2.76. The lowest BCUT2D eigenvalue weighted by Crippen LogP contribution is -2.50. The molecule has 2 aromatic carbocycles. The van der Waals surface area contributed by atoms with Gasteiger partial charge in [-0.25, -0.2) is 4.39 Å². The largest absolute Gasteiger partial charge is 0.341 e. The van der Waals surface area contributed by atoms with E-state index < -0.39 is 6.04 Å². The van der Waals surface area contributed by atoms with Crippen molar-refractivity contribution in [3.05, 3.63) is 65.0 Å². The number of aryl methyl sites for hydroxylation is 1. The molecule has 2 aromatic rings. The fourth-order valence-electron chi connectivity index (χ4n) is 4.59. The van der Waals surface area contributed by atoms with Gasteiger partial charge in [0.25, 0.3) is 0 Å². The van der Waals surface area contributed by atoms with Crippen molar-refractivity contribution < 1.29 is 14.0 Å². The molecule has 1 N–H and O–H groups in total. The number of likely N-dealkylation sites (tertiary alicyclic amines) is 1. The normalized spacial score (nSPS) is 19.7. The summed E-state index contributed by atoms with van der Waals surface area (Å²) >= 11 is 0. The van der Waals surface area contributed by atoms with Gasteiger partial charge in [-0.15, -0.1) is 0 Å². The van der Waals surface area contributed by atoms with E-state index in [1.165, 1.54) is 11.6 Å². The summed E-state index contributed by atoms with van der Waals surface area (Å²) < 4.78 is 13.5. The number of halogens is 1. The molecule has 2 heterocycles. The second kappa shape index (κ2) is 9.18. The zero-order valence-corrected chi connectivity index (χ0v) is 18.2. The summed E-state index contributed by atoms with van der Waals surface area (Å²) in [6.07, 6.45) is 2.84. The minimum atomic E-state index is -0.445. The first kappa shape index (κ1) is 21.5. The van der Waals surface area contributed by atoms with Crippen molar-refractivity contribution in [3.8, 4) is 0 Å². The van der Waals surface area contributed by atoms with Gasteiger partial charge in [-0.3, -0.25) is 14.5 Å². The Morgan fingerprint density at radius 2 is 1.84 bits per heavy atom. The topological polar surface area (TPSA) is 52.7 Å². The van der Waals surface area contributed by atoms with Crippen LogP contribution in [0.5, 0.6) is 0 Å². The van der Waals surface area contributed by atoms with Gasteiger partial charge in [-0.05, 0) is 67.0 Å². The van der Waals surface area contributed by atoms with E-state index in [2.05, 4.69) is 18.3 Å². The number of carbonyl (C=O) groups excluding carboxylic acids is 2. The summed E-state index contributed by atoms with van der Waals surface area (Å²) in [4.78, 5) is 30.3. The Balaban J connectivity index is 1.53. The van der Waals surface area contributed by atoms with Crippen molar-refractivity contribution in [2.75, 3.05) is 31.5 Å². The second-order valence-electron chi connectivity index (χ2n) is 8.84. The third-order valence-corrected chi connectivity index (χ3v) is 6.50. The fourth-order valence-corrected chi connectivity index (χ4v) is 4.59. The van der Waals surface area contributed by atoms with Crippen molar-refractivity contribution in [1.29, 1.82) is 0 Å². The van der Waals surface area contributed by atoms with E-state index in [1.54, 1.807) is 19.1 Å². The van der Waals surface area contributed by atoms with Crippen LogP contribution in [0.25, 0.3) is 0 Å². The van der Waals surface area contributed by atoms with Crippen LogP contribution in [0.4, 0.5) is 10.1 Å². The van der Waals surface area contributed by atoms with Gasteiger partial charge in [0.1, 0.15) is 11.9 Å². The summed E-state index contributed by atoms with van der Waals surface area (Å²) in [6, 6.07) is 12.1. The second-order valence-corrected chi connectivity index (χ2v) is 8.84. The molecule has 6 heteroatoms. The van der Waals surface area contributed by atoms with E-state index in [9.17, 15) is 14.0 Å². The summed E-state index contributed by atoms with van der Waals surface area (Å²) in [5.74, 6) is 0.232. The number of anilines is 1. The highest BCUT2D eigenvalue weighted by Gasteiger charge is 2.37. The van der Waals surface area contributed by atoms with Crippen LogP contribution in [0.1, 0.15) is 42.5 Å². The van der Waals surface area contributed by atoms with Crippen LogP contribution in [0.15, 0.2) is 42.5 Å². The van der Waals surface area contributed by atoms with Crippen molar-refractivity contribution in [1.82, 2.24) is 9.80 Å². The predicted octanol–water partition coefficient (Wildman–Crippen LogP) is 3.93. The van der Waals surface area contributed by atoms with Crippen LogP contribution in [0, 0.1) is 18.7 Å². The van der Waals surface area contributed by atoms with Gasteiger partial charge < -0.3 is 10.2 Å². The molecule has 0 aliphatic carbocycles. The molecule has 2 aliphatic rings. The highest BCUT2D eigenvalue weighted by atomic mass is 19.1. The maximum absolute atomic E-state index is 13.6. The predicted molar refractivity (Wildman–Crippen MR) is 119 cm³/mol. The van der Waals surface area contributed by atoms with Gasteiger partial charge in [-0.1, -0.05) is 31.2 Å². The van der Waals surface area contributed by atoms with Crippen LogP contribution in [0.2, 0.25) is 0 Å². The molecule has 0 aromatic heterocycles. The molecule has 0 spiro atoms. The Kier molecular flexibility index (Phi) is 6.37. The first-order valence-corrected chi connectivity index (χ1v) is 11.1. The number of nitrogens with zero attached hydrogens (tertiary/aromatic N) is 2. The highest BCUT2D eigenvalue weighted by Crippen LogP contribution is 2.32.